The maximum Gasteiger partial charge on any atom is 0.0235 e. The number of hydrogen-bond acceptors (Lipinski definition) is 3. The van der Waals surface area contributed by atoms with Gasteiger partial charge in [-0.25, -0.2) is 0 Å². The third-order valence-electron chi connectivity index (χ3n) is 3.90. The van der Waals surface area contributed by atoms with Gasteiger partial charge in [0.1, 0.15) is 0 Å². The third-order valence-corrected chi connectivity index (χ3v) is 3.90. The van der Waals surface area contributed by atoms with Crippen molar-refractivity contribution >= 4 is 0 Å². The summed E-state index contributed by atoms with van der Waals surface area (Å²) in [7, 11) is 2.24. The van der Waals surface area contributed by atoms with Crippen LogP contribution >= 0.6 is 0 Å². The summed E-state index contributed by atoms with van der Waals surface area (Å²) in [5.41, 5.74) is 0. The number of nitrogens with zero attached hydrogens (tertiary/aromatic N) is 2. The van der Waals surface area contributed by atoms with Crippen molar-refractivity contribution in [1.29, 1.82) is 0 Å². The highest BCUT2D eigenvalue weighted by atomic mass is 15.3. The van der Waals surface area contributed by atoms with Gasteiger partial charge in [0.25, 0.3) is 0 Å². The molecule has 2 fully saturated rings. The van der Waals surface area contributed by atoms with Crippen LogP contribution in [0.2, 0.25) is 0 Å². The summed E-state index contributed by atoms with van der Waals surface area (Å²) in [6.45, 7) is 9.63. The van der Waals surface area contributed by atoms with Crippen molar-refractivity contribution in [2.24, 2.45) is 0 Å². The number of likely N-dealkylation sites (N-methyl/N-ethyl adjacent to an activating group) is 1. The number of nitrogens with one attached hydrogen (secondary N) is 1. The Bertz CT molecular complexity index is 217. The molecule has 0 aromatic rings. The molecule has 3 nitrogen and oxygen atoms in total. The molecule has 2 rings (SSSR count). The summed E-state index contributed by atoms with van der Waals surface area (Å²) in [5, 5.41) is 3.69. The fraction of sp³-hybridized carbons (Fsp3) is 1.00. The Hall–Kier alpha value is -0.120. The third kappa shape index (κ3) is 3.19. The number of likely N-dealkylation sites (tertiary alicyclic amines) is 2. The molecular weight excluding hydrogens is 198 g/mol. The zero-order valence-corrected chi connectivity index (χ0v) is 11.1. The quantitative estimate of drug-likeness (QED) is 0.777. The normalized spacial score (nSPS) is 33.8. The molecule has 2 atom stereocenters. The van der Waals surface area contributed by atoms with Gasteiger partial charge >= 0.3 is 0 Å². The minimum absolute atomic E-state index is 0.621. The van der Waals surface area contributed by atoms with Crippen molar-refractivity contribution < 1.29 is 0 Å². The van der Waals surface area contributed by atoms with Crippen LogP contribution in [0.25, 0.3) is 0 Å². The summed E-state index contributed by atoms with van der Waals surface area (Å²) < 4.78 is 0. The van der Waals surface area contributed by atoms with E-state index in [2.05, 4.69) is 36.0 Å². The van der Waals surface area contributed by atoms with Gasteiger partial charge in [-0.05, 0) is 39.4 Å². The molecule has 16 heavy (non-hydrogen) atoms. The molecule has 2 unspecified atom stereocenters. The summed E-state index contributed by atoms with van der Waals surface area (Å²) >= 11 is 0. The zero-order chi connectivity index (χ0) is 11.5. The molecular formula is C13H27N3. The van der Waals surface area contributed by atoms with Crippen LogP contribution < -0.4 is 5.32 Å². The van der Waals surface area contributed by atoms with Gasteiger partial charge in [-0.3, -0.25) is 4.90 Å². The van der Waals surface area contributed by atoms with Gasteiger partial charge in [-0.15, -0.1) is 0 Å². The summed E-state index contributed by atoms with van der Waals surface area (Å²) in [5.74, 6) is 0. The van der Waals surface area contributed by atoms with E-state index in [1.54, 1.807) is 0 Å². The van der Waals surface area contributed by atoms with E-state index in [4.69, 9.17) is 0 Å². The van der Waals surface area contributed by atoms with Crippen molar-refractivity contribution in [2.45, 2.75) is 51.2 Å². The van der Waals surface area contributed by atoms with Crippen molar-refractivity contribution in [3.05, 3.63) is 0 Å². The van der Waals surface area contributed by atoms with E-state index in [-0.39, 0.29) is 0 Å². The van der Waals surface area contributed by atoms with E-state index in [1.807, 2.05) is 0 Å². The van der Waals surface area contributed by atoms with Crippen LogP contribution in [0.4, 0.5) is 0 Å². The summed E-state index contributed by atoms with van der Waals surface area (Å²) in [6, 6.07) is 2.16. The van der Waals surface area contributed by atoms with Crippen LogP contribution in [0.3, 0.4) is 0 Å². The fourth-order valence-electron chi connectivity index (χ4n) is 3.16. The maximum absolute atomic E-state index is 3.69. The predicted octanol–water partition coefficient (Wildman–Crippen LogP) is 1.15. The van der Waals surface area contributed by atoms with Gasteiger partial charge in [-0.2, -0.15) is 0 Å². The first kappa shape index (κ1) is 12.3. The Balaban J connectivity index is 1.82. The first-order valence-corrected chi connectivity index (χ1v) is 6.84. The monoisotopic (exact) mass is 225 g/mol. The zero-order valence-electron chi connectivity index (χ0n) is 11.1. The first-order chi connectivity index (χ1) is 7.65. The second-order valence-electron chi connectivity index (χ2n) is 5.86. The average Bonchev–Trinajstić information content (AvgIpc) is 2.64. The van der Waals surface area contributed by atoms with Gasteiger partial charge < -0.3 is 10.2 Å². The molecule has 0 aromatic heterocycles. The predicted molar refractivity (Wildman–Crippen MR) is 68.8 cm³/mol. The first-order valence-electron chi connectivity index (χ1n) is 6.84. The molecule has 0 aliphatic carbocycles. The fourth-order valence-corrected chi connectivity index (χ4v) is 3.16. The molecule has 0 saturated carbocycles. The molecule has 2 aliphatic heterocycles. The Kier molecular flexibility index (Phi) is 4.22. The number of piperidine rings is 1. The smallest absolute Gasteiger partial charge is 0.0235 e. The van der Waals surface area contributed by atoms with Crippen molar-refractivity contribution in [3.63, 3.8) is 0 Å². The topological polar surface area (TPSA) is 18.5 Å². The molecule has 1 N–H and O–H groups in total. The van der Waals surface area contributed by atoms with Crippen molar-refractivity contribution in [3.8, 4) is 0 Å². The highest BCUT2D eigenvalue weighted by Gasteiger charge is 2.29. The lowest BCUT2D eigenvalue weighted by Gasteiger charge is -2.37. The second kappa shape index (κ2) is 5.48. The van der Waals surface area contributed by atoms with Gasteiger partial charge in [0, 0.05) is 31.2 Å². The highest BCUT2D eigenvalue weighted by molar-refractivity contribution is 4.87. The molecule has 3 heteroatoms. The summed E-state index contributed by atoms with van der Waals surface area (Å²) in [4.78, 5) is 5.18. The van der Waals surface area contributed by atoms with E-state index < -0.39 is 0 Å². The average molecular weight is 225 g/mol. The lowest BCUT2D eigenvalue weighted by atomic mass is 10.0. The number of hydrogen-bond donors (Lipinski definition) is 1. The molecule has 2 aliphatic rings. The minimum atomic E-state index is 0.621. The van der Waals surface area contributed by atoms with Crippen LogP contribution in [0, 0.1) is 0 Å². The van der Waals surface area contributed by atoms with Gasteiger partial charge in [0.2, 0.25) is 0 Å². The van der Waals surface area contributed by atoms with Crippen molar-refractivity contribution in [1.82, 2.24) is 15.1 Å². The Morgan fingerprint density at radius 1 is 1.12 bits per heavy atom. The van der Waals surface area contributed by atoms with Crippen LogP contribution in [-0.2, 0) is 0 Å². The lowest BCUT2D eigenvalue weighted by Crippen LogP contribution is -2.51. The summed E-state index contributed by atoms with van der Waals surface area (Å²) in [6.07, 6.45) is 4.09. The Morgan fingerprint density at radius 3 is 2.56 bits per heavy atom. The molecule has 0 radical (unpaired) electrons. The van der Waals surface area contributed by atoms with Gasteiger partial charge in [0.05, 0.1) is 0 Å². The molecule has 0 bridgehead atoms. The van der Waals surface area contributed by atoms with Crippen LogP contribution in [-0.4, -0.2) is 61.2 Å². The molecule has 2 heterocycles. The molecule has 0 amide bonds. The van der Waals surface area contributed by atoms with Crippen LogP contribution in [0.15, 0.2) is 0 Å². The SMILES string of the molecule is CC(C)NC1CCCN(C2CCN(C)C2)C1. The Morgan fingerprint density at radius 2 is 1.94 bits per heavy atom. The Labute approximate surface area is 100 Å². The molecule has 0 aromatic carbocycles. The lowest BCUT2D eigenvalue weighted by molar-refractivity contribution is 0.136. The van der Waals surface area contributed by atoms with E-state index >= 15 is 0 Å². The van der Waals surface area contributed by atoms with Gasteiger partial charge in [-0.1, -0.05) is 13.8 Å². The molecule has 2 saturated heterocycles. The molecule has 94 valence electrons. The highest BCUT2D eigenvalue weighted by Crippen LogP contribution is 2.19. The number of rotatable bonds is 3. The minimum Gasteiger partial charge on any atom is -0.311 e. The van der Waals surface area contributed by atoms with Crippen LogP contribution in [0.1, 0.15) is 33.1 Å². The maximum atomic E-state index is 3.69. The van der Waals surface area contributed by atoms with Crippen molar-refractivity contribution in [2.75, 3.05) is 33.2 Å². The molecule has 0 spiro atoms. The van der Waals surface area contributed by atoms with E-state index in [9.17, 15) is 0 Å². The second-order valence-corrected chi connectivity index (χ2v) is 5.86. The van der Waals surface area contributed by atoms with Crippen LogP contribution in [0.5, 0.6) is 0 Å². The van der Waals surface area contributed by atoms with E-state index in [0.717, 1.165) is 12.1 Å². The van der Waals surface area contributed by atoms with Gasteiger partial charge in [0.15, 0.2) is 0 Å². The van der Waals surface area contributed by atoms with E-state index in [0.29, 0.717) is 6.04 Å². The largest absolute Gasteiger partial charge is 0.311 e. The standard InChI is InChI=1S/C13H27N3/c1-11(2)14-12-5-4-7-16(9-12)13-6-8-15(3)10-13/h11-14H,4-10H2,1-3H3. The van der Waals surface area contributed by atoms with E-state index in [1.165, 1.54) is 45.4 Å².